The van der Waals surface area contributed by atoms with E-state index in [1.165, 1.54) is 30.4 Å². The van der Waals surface area contributed by atoms with Crippen molar-refractivity contribution in [2.75, 3.05) is 26.9 Å². The van der Waals surface area contributed by atoms with Gasteiger partial charge in [0.05, 0.1) is 32.4 Å². The molecule has 3 aromatic carbocycles. The van der Waals surface area contributed by atoms with Gasteiger partial charge in [-0.1, -0.05) is 54.6 Å². The van der Waals surface area contributed by atoms with Gasteiger partial charge in [-0.15, -0.1) is 0 Å². The van der Waals surface area contributed by atoms with Crippen molar-refractivity contribution in [1.82, 2.24) is 4.90 Å². The molecular formula is C29H25F2NO4. The summed E-state index contributed by atoms with van der Waals surface area (Å²) in [6.45, 7) is 0.861. The molecule has 2 heterocycles. The number of benzene rings is 3. The first-order valence-electron chi connectivity index (χ1n) is 12.0. The first-order valence-corrected chi connectivity index (χ1v) is 12.0. The smallest absolute Gasteiger partial charge is 0.410 e. The second-order valence-corrected chi connectivity index (χ2v) is 9.34. The molecule has 2 atom stereocenters. The fraction of sp³-hybridized carbons (Fsp3) is 0.276. The normalized spacial score (nSPS) is 20.4. The number of carbonyl (C=O) groups excluding carboxylic acids is 1. The third-order valence-electron chi connectivity index (χ3n) is 7.32. The third-order valence-corrected chi connectivity index (χ3v) is 7.32. The van der Waals surface area contributed by atoms with E-state index < -0.39 is 23.5 Å². The fourth-order valence-corrected chi connectivity index (χ4v) is 5.70. The predicted molar refractivity (Wildman–Crippen MR) is 131 cm³/mol. The standard InChI is InChI=1S/C29H25F2NO4/c1-34-28-26(30)12-18(13-27(28)31)17-10-19-14-35-15-20(11-17)32(19)29(33)36-16-25-23-8-4-2-6-21(23)22-7-3-5-9-24(22)25/h2-10,12-13,19-20,25H,11,14-16H2,1H3. The first kappa shape index (κ1) is 22.7. The van der Waals surface area contributed by atoms with Crippen molar-refractivity contribution in [1.29, 1.82) is 0 Å². The van der Waals surface area contributed by atoms with Gasteiger partial charge in [-0.2, -0.15) is 0 Å². The molecule has 6 rings (SSSR count). The van der Waals surface area contributed by atoms with Crippen molar-refractivity contribution in [2.45, 2.75) is 24.4 Å². The summed E-state index contributed by atoms with van der Waals surface area (Å²) in [5.41, 5.74) is 5.86. The highest BCUT2D eigenvalue weighted by atomic mass is 19.1. The number of methoxy groups -OCH3 is 1. The molecule has 2 unspecified atom stereocenters. The van der Waals surface area contributed by atoms with Gasteiger partial charge in [0.25, 0.3) is 0 Å². The van der Waals surface area contributed by atoms with Crippen LogP contribution in [0.15, 0.2) is 66.7 Å². The van der Waals surface area contributed by atoms with E-state index in [1.807, 2.05) is 30.3 Å². The molecule has 0 saturated carbocycles. The van der Waals surface area contributed by atoms with Gasteiger partial charge in [0.15, 0.2) is 17.4 Å². The molecule has 3 aliphatic rings. The Morgan fingerprint density at radius 2 is 1.64 bits per heavy atom. The maximum Gasteiger partial charge on any atom is 0.410 e. The second kappa shape index (κ2) is 9.06. The number of carbonyl (C=O) groups is 1. The molecule has 1 aliphatic carbocycles. The van der Waals surface area contributed by atoms with Gasteiger partial charge in [-0.05, 0) is 51.9 Å². The van der Waals surface area contributed by atoms with E-state index in [0.717, 1.165) is 16.7 Å². The summed E-state index contributed by atoms with van der Waals surface area (Å²) in [4.78, 5) is 15.0. The van der Waals surface area contributed by atoms with E-state index in [4.69, 9.17) is 14.2 Å². The minimum absolute atomic E-state index is 0.0291. The van der Waals surface area contributed by atoms with Gasteiger partial charge in [0.2, 0.25) is 0 Å². The second-order valence-electron chi connectivity index (χ2n) is 9.34. The predicted octanol–water partition coefficient (Wildman–Crippen LogP) is 5.78. The summed E-state index contributed by atoms with van der Waals surface area (Å²) < 4.78 is 45.0. The molecule has 0 N–H and O–H groups in total. The number of rotatable bonds is 4. The maximum absolute atomic E-state index is 14.3. The van der Waals surface area contributed by atoms with E-state index in [9.17, 15) is 13.6 Å². The number of amides is 1. The lowest BCUT2D eigenvalue weighted by atomic mass is 9.90. The monoisotopic (exact) mass is 489 g/mol. The SMILES string of the molecule is COc1c(F)cc(C2=CC3COCC(C2)N3C(=O)OCC2c3ccccc3-c3ccccc32)cc1F. The van der Waals surface area contributed by atoms with Crippen LogP contribution in [0.25, 0.3) is 16.7 Å². The van der Waals surface area contributed by atoms with Crippen LogP contribution in [-0.2, 0) is 9.47 Å². The summed E-state index contributed by atoms with van der Waals surface area (Å²) >= 11 is 0. The Hall–Kier alpha value is -3.71. The van der Waals surface area contributed by atoms with Gasteiger partial charge in [0, 0.05) is 5.92 Å². The quantitative estimate of drug-likeness (QED) is 0.466. The van der Waals surface area contributed by atoms with Crippen LogP contribution < -0.4 is 4.74 Å². The van der Waals surface area contributed by atoms with Crippen LogP contribution >= 0.6 is 0 Å². The summed E-state index contributed by atoms with van der Waals surface area (Å²) in [5.74, 6) is -1.94. The largest absolute Gasteiger partial charge is 0.491 e. The van der Waals surface area contributed by atoms with Gasteiger partial charge < -0.3 is 14.2 Å². The van der Waals surface area contributed by atoms with Crippen molar-refractivity contribution in [2.24, 2.45) is 0 Å². The van der Waals surface area contributed by atoms with Gasteiger partial charge in [-0.3, -0.25) is 4.90 Å². The molecule has 0 aromatic heterocycles. The van der Waals surface area contributed by atoms with Crippen LogP contribution in [0.4, 0.5) is 13.6 Å². The summed E-state index contributed by atoms with van der Waals surface area (Å²) in [6.07, 6.45) is 1.85. The molecule has 2 bridgehead atoms. The van der Waals surface area contributed by atoms with Crippen LogP contribution in [0.5, 0.6) is 5.75 Å². The van der Waals surface area contributed by atoms with E-state index in [1.54, 1.807) is 4.90 Å². The van der Waals surface area contributed by atoms with Crippen LogP contribution in [0.3, 0.4) is 0 Å². The lowest BCUT2D eigenvalue weighted by Crippen LogP contribution is -2.56. The molecular weight excluding hydrogens is 464 g/mol. The van der Waals surface area contributed by atoms with Crippen LogP contribution in [0, 0.1) is 11.6 Å². The minimum Gasteiger partial charge on any atom is -0.491 e. The molecule has 184 valence electrons. The van der Waals surface area contributed by atoms with Crippen LogP contribution in [0.1, 0.15) is 29.0 Å². The molecule has 2 aliphatic heterocycles. The number of fused-ring (bicyclic) bond motifs is 5. The number of morpholine rings is 1. The molecule has 5 nitrogen and oxygen atoms in total. The summed E-state index contributed by atoms with van der Waals surface area (Å²) in [7, 11) is 1.23. The van der Waals surface area contributed by atoms with Crippen molar-refractivity contribution >= 4 is 11.7 Å². The van der Waals surface area contributed by atoms with Crippen molar-refractivity contribution in [3.05, 3.63) is 95.1 Å². The summed E-state index contributed by atoms with van der Waals surface area (Å²) in [6, 6.07) is 18.3. The zero-order valence-corrected chi connectivity index (χ0v) is 19.7. The van der Waals surface area contributed by atoms with Gasteiger partial charge >= 0.3 is 6.09 Å². The number of hydrogen-bond donors (Lipinski definition) is 0. The summed E-state index contributed by atoms with van der Waals surface area (Å²) in [5, 5.41) is 0. The fourth-order valence-electron chi connectivity index (χ4n) is 5.70. The van der Waals surface area contributed by atoms with Crippen molar-refractivity contribution in [3.63, 3.8) is 0 Å². The Bertz CT molecular complexity index is 1300. The lowest BCUT2D eigenvalue weighted by molar-refractivity contribution is -0.0331. The Morgan fingerprint density at radius 1 is 1.00 bits per heavy atom. The topological polar surface area (TPSA) is 48.0 Å². The van der Waals surface area contributed by atoms with Gasteiger partial charge in [-0.25, -0.2) is 13.6 Å². The highest BCUT2D eigenvalue weighted by molar-refractivity contribution is 5.79. The van der Waals surface area contributed by atoms with E-state index in [2.05, 4.69) is 24.3 Å². The lowest BCUT2D eigenvalue weighted by Gasteiger charge is -2.44. The zero-order chi connectivity index (χ0) is 24.8. The van der Waals surface area contributed by atoms with Crippen molar-refractivity contribution < 1.29 is 27.8 Å². The molecule has 3 aromatic rings. The molecule has 0 spiro atoms. The van der Waals surface area contributed by atoms with E-state index in [-0.39, 0.29) is 24.6 Å². The number of hydrogen-bond acceptors (Lipinski definition) is 4. The highest BCUT2D eigenvalue weighted by Gasteiger charge is 2.40. The molecule has 1 amide bonds. The van der Waals surface area contributed by atoms with E-state index >= 15 is 0 Å². The first-order chi connectivity index (χ1) is 17.5. The number of ether oxygens (including phenoxy) is 3. The maximum atomic E-state index is 14.3. The van der Waals surface area contributed by atoms with Gasteiger partial charge in [0.1, 0.15) is 6.61 Å². The Balaban J connectivity index is 1.22. The number of nitrogens with zero attached hydrogens (tertiary/aromatic N) is 1. The molecule has 1 fully saturated rings. The minimum atomic E-state index is -0.756. The van der Waals surface area contributed by atoms with E-state index in [0.29, 0.717) is 25.2 Å². The zero-order valence-electron chi connectivity index (χ0n) is 19.7. The third kappa shape index (κ3) is 3.75. The molecule has 36 heavy (non-hydrogen) atoms. The highest BCUT2D eigenvalue weighted by Crippen LogP contribution is 2.45. The molecule has 7 heteroatoms. The van der Waals surface area contributed by atoms with Crippen LogP contribution in [0.2, 0.25) is 0 Å². The Labute approximate surface area is 207 Å². The molecule has 1 saturated heterocycles. The Kier molecular flexibility index (Phi) is 5.72. The molecule has 0 radical (unpaired) electrons. The average Bonchev–Trinajstić information content (AvgIpc) is 3.20. The average molecular weight is 490 g/mol. The van der Waals surface area contributed by atoms with Crippen LogP contribution in [-0.4, -0.2) is 50.0 Å². The van der Waals surface area contributed by atoms with Crippen molar-refractivity contribution in [3.8, 4) is 16.9 Å². The number of halogens is 2. The Morgan fingerprint density at radius 3 is 2.25 bits per heavy atom.